The molecule has 0 aliphatic carbocycles. The van der Waals surface area contributed by atoms with Crippen molar-refractivity contribution in [1.29, 1.82) is 0 Å². The van der Waals surface area contributed by atoms with E-state index in [1.54, 1.807) is 25.2 Å². The highest BCUT2D eigenvalue weighted by Crippen LogP contribution is 2.26. The van der Waals surface area contributed by atoms with Crippen molar-refractivity contribution in [2.45, 2.75) is 32.2 Å². The number of anilines is 2. The largest absolute Gasteiger partial charge is 0.399 e. The minimum atomic E-state index is -0.434. The number of aliphatic hydroxyl groups excluding tert-OH is 1. The molecular weight excluding hydrogens is 242 g/mol. The third-order valence-electron chi connectivity index (χ3n) is 3.57. The first-order valence-electron chi connectivity index (χ1n) is 6.52. The Morgan fingerprint density at radius 1 is 1.37 bits per heavy atom. The Kier molecular flexibility index (Phi) is 5.18. The highest BCUT2D eigenvalue weighted by Gasteiger charge is 2.26. The number of carbonyl (C=O) groups is 1. The predicted molar refractivity (Wildman–Crippen MR) is 78.3 cm³/mol. The molecule has 0 fully saturated rings. The summed E-state index contributed by atoms with van der Waals surface area (Å²) in [6.07, 6.45) is 1.50. The van der Waals surface area contributed by atoms with Gasteiger partial charge < -0.3 is 21.5 Å². The van der Waals surface area contributed by atoms with Crippen LogP contribution in [0.25, 0.3) is 0 Å². The zero-order chi connectivity index (χ0) is 14.5. The first kappa shape index (κ1) is 15.3. The van der Waals surface area contributed by atoms with Gasteiger partial charge in [-0.15, -0.1) is 0 Å². The van der Waals surface area contributed by atoms with Gasteiger partial charge in [0.05, 0.1) is 17.7 Å². The van der Waals surface area contributed by atoms with E-state index >= 15 is 0 Å². The molecule has 5 N–H and O–H groups in total. The van der Waals surface area contributed by atoms with E-state index in [9.17, 15) is 9.90 Å². The molecule has 5 heteroatoms. The number of carbonyl (C=O) groups excluding carboxylic acids is 1. The van der Waals surface area contributed by atoms with Crippen LogP contribution >= 0.6 is 0 Å². The van der Waals surface area contributed by atoms with E-state index in [0.717, 1.165) is 12.8 Å². The van der Waals surface area contributed by atoms with Crippen LogP contribution in [0.5, 0.6) is 0 Å². The second-order valence-electron chi connectivity index (χ2n) is 4.65. The van der Waals surface area contributed by atoms with Crippen LogP contribution in [0, 0.1) is 0 Å². The van der Waals surface area contributed by atoms with Crippen molar-refractivity contribution < 1.29 is 9.90 Å². The quantitative estimate of drug-likeness (QED) is 0.588. The van der Waals surface area contributed by atoms with E-state index in [0.29, 0.717) is 16.9 Å². The minimum Gasteiger partial charge on any atom is -0.399 e. The topological polar surface area (TPSA) is 87.4 Å². The average molecular weight is 265 g/mol. The summed E-state index contributed by atoms with van der Waals surface area (Å²) in [5.74, 6) is -0.179. The normalized spacial score (nSPS) is 11.2. The van der Waals surface area contributed by atoms with Gasteiger partial charge in [0, 0.05) is 18.4 Å². The summed E-state index contributed by atoms with van der Waals surface area (Å²) in [7, 11) is 1.58. The zero-order valence-electron chi connectivity index (χ0n) is 11.8. The van der Waals surface area contributed by atoms with Crippen LogP contribution in [-0.4, -0.2) is 30.2 Å². The SMILES string of the molecule is CCC(CC)(CO)Nc1cc(N)ccc1C(=O)NC. The number of nitrogens with two attached hydrogens (primary N) is 1. The Morgan fingerprint density at radius 3 is 2.47 bits per heavy atom. The molecule has 0 heterocycles. The lowest BCUT2D eigenvalue weighted by Gasteiger charge is -2.32. The average Bonchev–Trinajstić information content (AvgIpc) is 2.44. The Bertz CT molecular complexity index is 434. The van der Waals surface area contributed by atoms with E-state index in [4.69, 9.17) is 5.73 Å². The van der Waals surface area contributed by atoms with Gasteiger partial charge in [0.2, 0.25) is 0 Å². The fourth-order valence-electron chi connectivity index (χ4n) is 1.97. The summed E-state index contributed by atoms with van der Waals surface area (Å²) in [6, 6.07) is 5.10. The Morgan fingerprint density at radius 2 is 2.00 bits per heavy atom. The molecule has 0 aliphatic rings. The van der Waals surface area contributed by atoms with E-state index < -0.39 is 5.54 Å². The number of nitrogen functional groups attached to an aromatic ring is 1. The van der Waals surface area contributed by atoms with Gasteiger partial charge in [-0.05, 0) is 31.0 Å². The maximum atomic E-state index is 11.8. The van der Waals surface area contributed by atoms with Crippen molar-refractivity contribution in [2.24, 2.45) is 0 Å². The molecular formula is C14H23N3O2. The van der Waals surface area contributed by atoms with Crippen LogP contribution in [0.4, 0.5) is 11.4 Å². The molecule has 0 aliphatic heterocycles. The number of hydrogen-bond donors (Lipinski definition) is 4. The summed E-state index contributed by atoms with van der Waals surface area (Å²) in [6.45, 7) is 4.00. The van der Waals surface area contributed by atoms with Crippen LogP contribution in [-0.2, 0) is 0 Å². The smallest absolute Gasteiger partial charge is 0.253 e. The molecule has 1 aromatic rings. The Balaban J connectivity index is 3.17. The lowest BCUT2D eigenvalue weighted by molar-refractivity contribution is 0.0963. The number of rotatable bonds is 6. The third kappa shape index (κ3) is 3.38. The van der Waals surface area contributed by atoms with E-state index in [1.165, 1.54) is 0 Å². The highest BCUT2D eigenvalue weighted by molar-refractivity contribution is 6.00. The van der Waals surface area contributed by atoms with E-state index in [1.807, 2.05) is 13.8 Å². The van der Waals surface area contributed by atoms with Gasteiger partial charge in [-0.25, -0.2) is 0 Å². The molecule has 0 radical (unpaired) electrons. The van der Waals surface area contributed by atoms with Crippen LogP contribution in [0.3, 0.4) is 0 Å². The predicted octanol–water partition coefficient (Wildman–Crippen LogP) is 1.59. The van der Waals surface area contributed by atoms with Crippen LogP contribution in [0.15, 0.2) is 18.2 Å². The monoisotopic (exact) mass is 265 g/mol. The number of hydrogen-bond acceptors (Lipinski definition) is 4. The number of nitrogens with one attached hydrogen (secondary N) is 2. The van der Waals surface area contributed by atoms with E-state index in [2.05, 4.69) is 10.6 Å². The molecule has 0 unspecified atom stereocenters. The summed E-state index contributed by atoms with van der Waals surface area (Å²) < 4.78 is 0. The number of aliphatic hydroxyl groups is 1. The van der Waals surface area contributed by atoms with Crippen molar-refractivity contribution >= 4 is 17.3 Å². The fraction of sp³-hybridized carbons (Fsp3) is 0.500. The van der Waals surface area contributed by atoms with Gasteiger partial charge in [0.1, 0.15) is 0 Å². The third-order valence-corrected chi connectivity index (χ3v) is 3.57. The highest BCUT2D eigenvalue weighted by atomic mass is 16.3. The van der Waals surface area contributed by atoms with Gasteiger partial charge in [0.25, 0.3) is 5.91 Å². The van der Waals surface area contributed by atoms with Crippen molar-refractivity contribution in [1.82, 2.24) is 5.32 Å². The van der Waals surface area contributed by atoms with Crippen molar-refractivity contribution in [3.8, 4) is 0 Å². The van der Waals surface area contributed by atoms with Crippen LogP contribution in [0.2, 0.25) is 0 Å². The second-order valence-corrected chi connectivity index (χ2v) is 4.65. The maximum absolute atomic E-state index is 11.8. The summed E-state index contributed by atoms with van der Waals surface area (Å²) >= 11 is 0. The fourth-order valence-corrected chi connectivity index (χ4v) is 1.97. The minimum absolute atomic E-state index is 0.00197. The molecule has 0 bridgehead atoms. The molecule has 1 amide bonds. The van der Waals surface area contributed by atoms with Gasteiger partial charge in [-0.2, -0.15) is 0 Å². The Labute approximate surface area is 114 Å². The number of benzene rings is 1. The standard InChI is InChI=1S/C14H23N3O2/c1-4-14(5-2,9-18)17-12-8-10(15)6-7-11(12)13(19)16-3/h6-8,17-18H,4-5,9,15H2,1-3H3,(H,16,19). The van der Waals surface area contributed by atoms with Crippen molar-refractivity contribution in [3.05, 3.63) is 23.8 Å². The molecule has 1 rings (SSSR count). The van der Waals surface area contributed by atoms with Gasteiger partial charge in [-0.1, -0.05) is 13.8 Å². The molecule has 0 aromatic heterocycles. The molecule has 0 saturated carbocycles. The lowest BCUT2D eigenvalue weighted by atomic mass is 9.93. The molecule has 0 atom stereocenters. The first-order valence-corrected chi connectivity index (χ1v) is 6.52. The summed E-state index contributed by atoms with van der Waals surface area (Å²) in [5, 5.41) is 15.5. The first-order chi connectivity index (χ1) is 9.01. The summed E-state index contributed by atoms with van der Waals surface area (Å²) in [5.41, 5.74) is 7.10. The van der Waals surface area contributed by atoms with Crippen LogP contribution < -0.4 is 16.4 Å². The van der Waals surface area contributed by atoms with Gasteiger partial charge in [-0.3, -0.25) is 4.79 Å². The molecule has 106 valence electrons. The van der Waals surface area contributed by atoms with Crippen LogP contribution in [0.1, 0.15) is 37.0 Å². The van der Waals surface area contributed by atoms with Gasteiger partial charge in [0.15, 0.2) is 0 Å². The molecule has 1 aromatic carbocycles. The lowest BCUT2D eigenvalue weighted by Crippen LogP contribution is -2.41. The molecule has 5 nitrogen and oxygen atoms in total. The number of amides is 1. The van der Waals surface area contributed by atoms with Crippen molar-refractivity contribution in [3.63, 3.8) is 0 Å². The maximum Gasteiger partial charge on any atom is 0.253 e. The summed E-state index contributed by atoms with van der Waals surface area (Å²) in [4.78, 5) is 11.8. The second kappa shape index (κ2) is 6.43. The van der Waals surface area contributed by atoms with Gasteiger partial charge >= 0.3 is 0 Å². The van der Waals surface area contributed by atoms with E-state index in [-0.39, 0.29) is 12.5 Å². The van der Waals surface area contributed by atoms with Crippen molar-refractivity contribution in [2.75, 3.05) is 24.7 Å². The molecule has 0 spiro atoms. The Hall–Kier alpha value is -1.75. The molecule has 0 saturated heterocycles. The molecule has 19 heavy (non-hydrogen) atoms. The zero-order valence-corrected chi connectivity index (χ0v) is 11.8.